The van der Waals surface area contributed by atoms with Crippen molar-refractivity contribution < 1.29 is 13.2 Å². The quantitative estimate of drug-likeness (QED) is 0.776. The summed E-state index contributed by atoms with van der Waals surface area (Å²) in [6.45, 7) is 1.97. The van der Waals surface area contributed by atoms with Crippen LogP contribution < -0.4 is 10.0 Å². The van der Waals surface area contributed by atoms with Crippen LogP contribution in [0.15, 0.2) is 30.3 Å². The van der Waals surface area contributed by atoms with Gasteiger partial charge in [0.05, 0.1) is 6.26 Å². The summed E-state index contributed by atoms with van der Waals surface area (Å²) in [6.07, 6.45) is 4.87. The molecule has 23 heavy (non-hydrogen) atoms. The summed E-state index contributed by atoms with van der Waals surface area (Å²) < 4.78 is 24.6. The predicted octanol–water partition coefficient (Wildman–Crippen LogP) is 2.12. The molecule has 0 aliphatic carbocycles. The molecular weight excluding hydrogens is 336 g/mol. The molecule has 0 atom stereocenters. The van der Waals surface area contributed by atoms with Crippen LogP contribution in [0.4, 0.5) is 10.8 Å². The maximum atomic E-state index is 11.8. The van der Waals surface area contributed by atoms with E-state index in [4.69, 9.17) is 0 Å². The summed E-state index contributed by atoms with van der Waals surface area (Å²) in [6, 6.07) is 6.66. The van der Waals surface area contributed by atoms with Crippen LogP contribution in [0.25, 0.3) is 6.08 Å². The molecule has 9 heteroatoms. The predicted molar refractivity (Wildman–Crippen MR) is 91.9 cm³/mol. The SMILES string of the molecule is CCc1nnc(NC(=O)/C=C/c2ccc(NS(C)(=O)=O)cc2)s1. The fourth-order valence-corrected chi connectivity index (χ4v) is 2.89. The first-order valence-electron chi connectivity index (χ1n) is 6.75. The molecule has 0 saturated heterocycles. The van der Waals surface area contributed by atoms with E-state index in [0.29, 0.717) is 10.8 Å². The van der Waals surface area contributed by atoms with E-state index in [1.807, 2.05) is 6.92 Å². The third-order valence-electron chi connectivity index (χ3n) is 2.64. The summed E-state index contributed by atoms with van der Waals surface area (Å²) in [7, 11) is -3.29. The second kappa shape index (κ2) is 7.34. The van der Waals surface area contributed by atoms with Crippen molar-refractivity contribution >= 4 is 44.2 Å². The number of hydrogen-bond donors (Lipinski definition) is 2. The molecule has 1 aromatic heterocycles. The number of nitrogens with zero attached hydrogens (tertiary/aromatic N) is 2. The first kappa shape index (κ1) is 17.1. The molecule has 1 aromatic carbocycles. The molecule has 0 bridgehead atoms. The molecule has 2 N–H and O–H groups in total. The smallest absolute Gasteiger partial charge is 0.250 e. The Labute approximate surface area is 138 Å². The lowest BCUT2D eigenvalue weighted by Gasteiger charge is -2.03. The van der Waals surface area contributed by atoms with Crippen molar-refractivity contribution in [2.24, 2.45) is 0 Å². The summed E-state index contributed by atoms with van der Waals surface area (Å²) in [5.74, 6) is -0.304. The van der Waals surface area contributed by atoms with Crippen molar-refractivity contribution in [1.82, 2.24) is 10.2 Å². The van der Waals surface area contributed by atoms with Crippen molar-refractivity contribution in [3.63, 3.8) is 0 Å². The highest BCUT2D eigenvalue weighted by Crippen LogP contribution is 2.16. The topological polar surface area (TPSA) is 101 Å². The number of amides is 1. The van der Waals surface area contributed by atoms with Gasteiger partial charge in [-0.15, -0.1) is 10.2 Å². The van der Waals surface area contributed by atoms with Gasteiger partial charge in [0.2, 0.25) is 21.1 Å². The van der Waals surface area contributed by atoms with Crippen molar-refractivity contribution in [3.8, 4) is 0 Å². The Morgan fingerprint density at radius 3 is 2.52 bits per heavy atom. The van der Waals surface area contributed by atoms with Crippen LogP contribution in [0, 0.1) is 0 Å². The fourth-order valence-electron chi connectivity index (χ4n) is 1.64. The normalized spacial score (nSPS) is 11.6. The number of benzene rings is 1. The minimum Gasteiger partial charge on any atom is -0.297 e. The fraction of sp³-hybridized carbons (Fsp3) is 0.214. The van der Waals surface area contributed by atoms with Gasteiger partial charge < -0.3 is 0 Å². The Morgan fingerprint density at radius 1 is 1.26 bits per heavy atom. The standard InChI is InChI=1S/C14H16N4O3S2/c1-3-13-16-17-14(22-13)15-12(19)9-6-10-4-7-11(8-5-10)18-23(2,20)21/h4-9,18H,3H2,1-2H3,(H,15,17,19)/b9-6+. The maximum Gasteiger partial charge on any atom is 0.250 e. The van der Waals surface area contributed by atoms with Crippen LogP contribution in [0.1, 0.15) is 17.5 Å². The molecule has 0 unspecified atom stereocenters. The molecule has 0 aliphatic heterocycles. The summed E-state index contributed by atoms with van der Waals surface area (Å²) in [4.78, 5) is 11.8. The molecule has 0 spiro atoms. The lowest BCUT2D eigenvalue weighted by Crippen LogP contribution is -2.09. The number of aromatic nitrogens is 2. The van der Waals surface area contributed by atoms with E-state index in [0.717, 1.165) is 23.2 Å². The van der Waals surface area contributed by atoms with E-state index in [1.54, 1.807) is 30.3 Å². The maximum absolute atomic E-state index is 11.8. The number of aryl methyl sites for hydroxylation is 1. The number of sulfonamides is 1. The zero-order chi connectivity index (χ0) is 16.9. The van der Waals surface area contributed by atoms with E-state index >= 15 is 0 Å². The van der Waals surface area contributed by atoms with Crippen molar-refractivity contribution in [2.75, 3.05) is 16.3 Å². The highest BCUT2D eigenvalue weighted by atomic mass is 32.2. The molecule has 2 aromatic rings. The summed E-state index contributed by atoms with van der Waals surface area (Å²) in [5, 5.41) is 11.7. The van der Waals surface area contributed by atoms with Gasteiger partial charge in [-0.3, -0.25) is 14.8 Å². The average Bonchev–Trinajstić information content (AvgIpc) is 2.92. The number of rotatable bonds is 6. The van der Waals surface area contributed by atoms with E-state index in [9.17, 15) is 13.2 Å². The van der Waals surface area contributed by atoms with Crippen LogP contribution >= 0.6 is 11.3 Å². The van der Waals surface area contributed by atoms with Crippen molar-refractivity contribution in [1.29, 1.82) is 0 Å². The first-order valence-corrected chi connectivity index (χ1v) is 9.46. The second-order valence-corrected chi connectivity index (χ2v) is 7.48. The Balaban J connectivity index is 1.95. The molecule has 7 nitrogen and oxygen atoms in total. The van der Waals surface area contributed by atoms with Gasteiger partial charge >= 0.3 is 0 Å². The molecule has 0 radical (unpaired) electrons. The zero-order valence-electron chi connectivity index (χ0n) is 12.6. The Morgan fingerprint density at radius 2 is 1.96 bits per heavy atom. The molecule has 1 amide bonds. The lowest BCUT2D eigenvalue weighted by molar-refractivity contribution is -0.111. The van der Waals surface area contributed by atoms with Gasteiger partial charge in [-0.25, -0.2) is 8.42 Å². The number of carbonyl (C=O) groups is 1. The van der Waals surface area contributed by atoms with E-state index in [2.05, 4.69) is 20.2 Å². The first-order chi connectivity index (χ1) is 10.9. The minimum absolute atomic E-state index is 0.304. The van der Waals surface area contributed by atoms with Crippen LogP contribution in [-0.2, 0) is 21.2 Å². The molecule has 1 heterocycles. The summed E-state index contributed by atoms with van der Waals surface area (Å²) in [5.41, 5.74) is 1.24. The van der Waals surface area contributed by atoms with Crippen LogP contribution in [-0.4, -0.2) is 30.8 Å². The molecule has 122 valence electrons. The zero-order valence-corrected chi connectivity index (χ0v) is 14.2. The van der Waals surface area contributed by atoms with Crippen molar-refractivity contribution in [2.45, 2.75) is 13.3 Å². The van der Waals surface area contributed by atoms with E-state index in [-0.39, 0.29) is 5.91 Å². The third-order valence-corrected chi connectivity index (χ3v) is 4.23. The molecule has 0 aliphatic rings. The monoisotopic (exact) mass is 352 g/mol. The van der Waals surface area contributed by atoms with Crippen molar-refractivity contribution in [3.05, 3.63) is 40.9 Å². The largest absolute Gasteiger partial charge is 0.297 e. The van der Waals surface area contributed by atoms with Gasteiger partial charge in [0.15, 0.2) is 0 Å². The van der Waals surface area contributed by atoms with Gasteiger partial charge in [0.25, 0.3) is 0 Å². The van der Waals surface area contributed by atoms with Gasteiger partial charge in [0, 0.05) is 11.8 Å². The van der Waals surface area contributed by atoms with Gasteiger partial charge in [-0.2, -0.15) is 0 Å². The Hall–Kier alpha value is -2.26. The third kappa shape index (κ3) is 5.80. The average molecular weight is 352 g/mol. The molecular formula is C14H16N4O3S2. The molecule has 0 fully saturated rings. The highest BCUT2D eigenvalue weighted by molar-refractivity contribution is 7.92. The van der Waals surface area contributed by atoms with E-state index in [1.165, 1.54) is 17.4 Å². The number of nitrogens with one attached hydrogen (secondary N) is 2. The number of carbonyl (C=O) groups excluding carboxylic acids is 1. The Kier molecular flexibility index (Phi) is 5.45. The number of anilines is 2. The number of hydrogen-bond acceptors (Lipinski definition) is 6. The van der Waals surface area contributed by atoms with Crippen LogP contribution in [0.3, 0.4) is 0 Å². The molecule has 0 saturated carbocycles. The second-order valence-electron chi connectivity index (χ2n) is 4.67. The van der Waals surface area contributed by atoms with Crippen LogP contribution in [0.2, 0.25) is 0 Å². The van der Waals surface area contributed by atoms with Gasteiger partial charge in [-0.1, -0.05) is 30.4 Å². The minimum atomic E-state index is -3.29. The van der Waals surface area contributed by atoms with Gasteiger partial charge in [0.1, 0.15) is 5.01 Å². The van der Waals surface area contributed by atoms with Crippen LogP contribution in [0.5, 0.6) is 0 Å². The van der Waals surface area contributed by atoms with E-state index < -0.39 is 10.0 Å². The lowest BCUT2D eigenvalue weighted by atomic mass is 10.2. The van der Waals surface area contributed by atoms with Gasteiger partial charge in [-0.05, 0) is 30.2 Å². The Bertz CT molecular complexity index is 811. The molecule has 2 rings (SSSR count). The summed E-state index contributed by atoms with van der Waals surface area (Å²) >= 11 is 1.34. The highest BCUT2D eigenvalue weighted by Gasteiger charge is 2.05.